The van der Waals surface area contributed by atoms with Crippen LogP contribution in [0.2, 0.25) is 0 Å². The summed E-state index contributed by atoms with van der Waals surface area (Å²) in [6.45, 7) is 25.4. The Morgan fingerprint density at radius 1 is 0.573 bits per heavy atom. The van der Waals surface area contributed by atoms with E-state index < -0.39 is 70.3 Å². The predicted octanol–water partition coefficient (Wildman–Crippen LogP) is 10.2. The second kappa shape index (κ2) is 44.5. The molecule has 0 fully saturated rings. The Labute approximate surface area is 581 Å². The van der Waals surface area contributed by atoms with Gasteiger partial charge in [-0.05, 0) is 172 Å². The van der Waals surface area contributed by atoms with E-state index in [9.17, 15) is 38.4 Å². The number of ether oxygens (including phenoxy) is 9. The Morgan fingerprint density at radius 2 is 1.15 bits per heavy atom. The Kier molecular flexibility index (Phi) is 38.9. The molecule has 3 rings (SSSR count). The molecule has 0 bridgehead atoms. The highest BCUT2D eigenvalue weighted by Crippen LogP contribution is 2.26. The Bertz CT molecular complexity index is 2810. The van der Waals surface area contributed by atoms with E-state index in [0.29, 0.717) is 76.0 Å². The summed E-state index contributed by atoms with van der Waals surface area (Å²) >= 11 is 2.22. The number of carbonyl (C=O) groups is 8. The van der Waals surface area contributed by atoms with Gasteiger partial charge in [0.25, 0.3) is 0 Å². The first-order valence-electron chi connectivity index (χ1n) is 33.4. The zero-order valence-electron chi connectivity index (χ0n) is 59.1. The van der Waals surface area contributed by atoms with Crippen molar-refractivity contribution >= 4 is 75.8 Å². The van der Waals surface area contributed by atoms with Gasteiger partial charge in [0.05, 0.1) is 51.3 Å². The first-order chi connectivity index (χ1) is 45.3. The molecular formula is C69H110IN9O17. The first-order valence-corrected chi connectivity index (χ1v) is 34.5. The van der Waals surface area contributed by atoms with Crippen molar-refractivity contribution in [2.45, 2.75) is 228 Å². The lowest BCUT2D eigenvalue weighted by atomic mass is 9.84. The van der Waals surface area contributed by atoms with Crippen molar-refractivity contribution in [2.75, 3.05) is 72.0 Å². The summed E-state index contributed by atoms with van der Waals surface area (Å²) in [6, 6.07) is 11.7. The molecule has 26 nitrogen and oxygen atoms in total. The van der Waals surface area contributed by atoms with Crippen molar-refractivity contribution in [1.29, 1.82) is 0 Å². The molecule has 6 amide bonds. The number of anilines is 1. The van der Waals surface area contributed by atoms with Crippen LogP contribution in [-0.4, -0.2) is 164 Å². The van der Waals surface area contributed by atoms with Gasteiger partial charge in [0.2, 0.25) is 11.8 Å². The summed E-state index contributed by atoms with van der Waals surface area (Å²) in [5, 5.41) is 25.5. The number of halogens is 1. The summed E-state index contributed by atoms with van der Waals surface area (Å²) in [5.41, 5.74) is 0.307. The first kappa shape index (κ1) is 83.9. The molecule has 0 saturated heterocycles. The Morgan fingerprint density at radius 3 is 1.75 bits per heavy atom. The minimum atomic E-state index is -0.960. The van der Waals surface area contributed by atoms with Crippen molar-refractivity contribution in [2.24, 2.45) is 11.3 Å². The topological polar surface area (TPSA) is 323 Å². The fourth-order valence-electron chi connectivity index (χ4n) is 9.43. The average Bonchev–Trinajstić information content (AvgIpc) is 1.61. The molecule has 0 aliphatic carbocycles. The SMILES string of the molecule is CCCCC[C@H](CC(=O)CCOCCOCOCOCOCOCCn1nncc1-c1cccc(NC(=O)NCCCC[C@H](NC(=O)N[C@@H](CCC(=O)OC(C)(C)C)C(C)(C)C)C(=O)OC(C)(C)C)c1)C(=O)N[C@@H](CCCCNC(=O)Cc1ccc(I)cc1)C(=O)OC(C)(C)C. The third kappa shape index (κ3) is 39.1. The third-order valence-electron chi connectivity index (χ3n) is 14.2. The lowest BCUT2D eigenvalue weighted by Crippen LogP contribution is -2.53. The molecule has 0 unspecified atom stereocenters. The van der Waals surface area contributed by atoms with Gasteiger partial charge in [-0.2, -0.15) is 0 Å². The van der Waals surface area contributed by atoms with Gasteiger partial charge in [-0.15, -0.1) is 5.10 Å². The molecule has 0 aliphatic heterocycles. The van der Waals surface area contributed by atoms with Gasteiger partial charge >= 0.3 is 30.0 Å². The van der Waals surface area contributed by atoms with Crippen LogP contribution in [0.5, 0.6) is 0 Å². The molecule has 4 atom stereocenters. The van der Waals surface area contributed by atoms with Crippen LogP contribution in [0.3, 0.4) is 0 Å². The van der Waals surface area contributed by atoms with E-state index >= 15 is 0 Å². The van der Waals surface area contributed by atoms with E-state index in [4.69, 9.17) is 42.6 Å². The number of urea groups is 2. The minimum Gasteiger partial charge on any atom is -0.460 e. The Hall–Kier alpha value is -6.37. The number of unbranched alkanes of at least 4 members (excludes halogenated alkanes) is 4. The van der Waals surface area contributed by atoms with E-state index in [1.165, 1.54) is 0 Å². The number of benzene rings is 2. The van der Waals surface area contributed by atoms with Crippen molar-refractivity contribution in [3.63, 3.8) is 0 Å². The molecule has 540 valence electrons. The van der Waals surface area contributed by atoms with Crippen molar-refractivity contribution in [1.82, 2.24) is 41.6 Å². The fraction of sp³-hybridized carbons (Fsp3) is 0.681. The molecule has 1 heterocycles. The van der Waals surface area contributed by atoms with Crippen LogP contribution in [0.1, 0.15) is 185 Å². The van der Waals surface area contributed by atoms with Crippen LogP contribution in [-0.2, 0) is 84.4 Å². The number of hydrogen-bond donors (Lipinski definition) is 6. The summed E-state index contributed by atoms with van der Waals surface area (Å²) in [4.78, 5) is 105. The predicted molar refractivity (Wildman–Crippen MR) is 371 cm³/mol. The summed E-state index contributed by atoms with van der Waals surface area (Å²) < 4.78 is 52.2. The van der Waals surface area contributed by atoms with Gasteiger partial charge in [0.15, 0.2) is 13.6 Å². The van der Waals surface area contributed by atoms with Crippen molar-refractivity contribution < 1.29 is 81.0 Å². The second-order valence-electron chi connectivity index (χ2n) is 27.5. The lowest BCUT2D eigenvalue weighted by Gasteiger charge is -2.32. The molecule has 0 saturated carbocycles. The normalized spacial score (nSPS) is 13.1. The number of Topliss-reactive ketones (excluding diaryl/α,β-unsaturated/α-hetero) is 1. The van der Waals surface area contributed by atoms with Crippen molar-refractivity contribution in [3.05, 3.63) is 63.9 Å². The number of rotatable bonds is 46. The second-order valence-corrected chi connectivity index (χ2v) is 28.7. The number of esters is 3. The number of hydrogen-bond acceptors (Lipinski definition) is 19. The maximum atomic E-state index is 13.7. The van der Waals surface area contributed by atoms with E-state index in [2.05, 4.69) is 71.7 Å². The molecule has 27 heteroatoms. The zero-order chi connectivity index (χ0) is 71.2. The number of nitrogens with zero attached hydrogens (tertiary/aromatic N) is 3. The maximum Gasteiger partial charge on any atom is 0.329 e. The number of amides is 6. The quantitative estimate of drug-likeness (QED) is 0.0101. The van der Waals surface area contributed by atoms with Crippen LogP contribution in [0.4, 0.5) is 15.3 Å². The van der Waals surface area contributed by atoms with Gasteiger partial charge in [-0.1, -0.05) is 76.4 Å². The number of aromatic nitrogens is 3. The van der Waals surface area contributed by atoms with E-state index in [1.54, 1.807) is 91.4 Å². The van der Waals surface area contributed by atoms with E-state index in [0.717, 1.165) is 34.0 Å². The molecule has 6 N–H and O–H groups in total. The van der Waals surface area contributed by atoms with Crippen LogP contribution >= 0.6 is 22.6 Å². The number of carbonyl (C=O) groups excluding carboxylic acids is 8. The molecule has 1 aromatic heterocycles. The van der Waals surface area contributed by atoms with Gasteiger partial charge in [-0.3, -0.25) is 19.2 Å². The highest BCUT2D eigenvalue weighted by Gasteiger charge is 2.33. The Balaban J connectivity index is 1.29. The summed E-state index contributed by atoms with van der Waals surface area (Å²) in [5.74, 6) is -2.69. The van der Waals surface area contributed by atoms with Gasteiger partial charge < -0.3 is 74.5 Å². The van der Waals surface area contributed by atoms with Crippen molar-refractivity contribution in [3.8, 4) is 11.3 Å². The van der Waals surface area contributed by atoms with Crippen LogP contribution < -0.4 is 31.9 Å². The number of ketones is 1. The monoisotopic (exact) mass is 1460 g/mol. The molecular weight excluding hydrogens is 1350 g/mol. The summed E-state index contributed by atoms with van der Waals surface area (Å²) in [6.07, 6.45) is 8.24. The van der Waals surface area contributed by atoms with Crippen LogP contribution in [0.15, 0.2) is 54.7 Å². The van der Waals surface area contributed by atoms with Crippen LogP contribution in [0.25, 0.3) is 11.3 Å². The maximum absolute atomic E-state index is 13.7. The summed E-state index contributed by atoms with van der Waals surface area (Å²) in [7, 11) is 0. The molecule has 0 aliphatic rings. The third-order valence-corrected chi connectivity index (χ3v) is 14.9. The molecule has 0 radical (unpaired) electrons. The smallest absolute Gasteiger partial charge is 0.329 e. The zero-order valence-corrected chi connectivity index (χ0v) is 61.2. The van der Waals surface area contributed by atoms with Gasteiger partial charge in [0.1, 0.15) is 48.3 Å². The molecule has 2 aromatic carbocycles. The van der Waals surface area contributed by atoms with Gasteiger partial charge in [0, 0.05) is 59.1 Å². The van der Waals surface area contributed by atoms with E-state index in [1.807, 2.05) is 51.1 Å². The minimum absolute atomic E-state index is 0.0148. The highest BCUT2D eigenvalue weighted by atomic mass is 127. The average molecular weight is 1460 g/mol. The molecule has 3 aromatic rings. The molecule has 96 heavy (non-hydrogen) atoms. The standard InChI is InChI=1S/C69H110IN9O17/c1-14-15-16-22-51(61(83)75-55(62(84)95-68(8,9)10)25-17-19-34-71-59(81)41-49-27-29-52(70)30-28-49)43-54(80)33-37-88-39-40-90-46-92-48-93-47-91-45-89-38-36-79-57(44-73-78-79)50-23-21-24-53(42-50)74-64(86)72-35-20-18-26-56(63(85)96-69(11,12)13)76-65(87)77-58(66(2,3)4)31-32-60(82)94-67(5,6)7/h21,23-24,27-30,42,44,51,55-56,58H,14-20,22,25-26,31-41,43,45-48H2,1-13H3,(H,71,81)(H,75,83)(H2,72,74,86)(H2,76,77,87)/t51-,55+,56+,58+/m1/s1. The fourth-order valence-corrected chi connectivity index (χ4v) is 9.79. The van der Waals surface area contributed by atoms with E-state index in [-0.39, 0.29) is 109 Å². The number of nitrogens with one attached hydrogen (secondary N) is 6. The van der Waals surface area contributed by atoms with Crippen LogP contribution in [0, 0.1) is 14.9 Å². The van der Waals surface area contributed by atoms with Gasteiger partial charge in [-0.25, -0.2) is 23.9 Å². The molecule has 0 spiro atoms. The largest absolute Gasteiger partial charge is 0.460 e. The highest BCUT2D eigenvalue weighted by molar-refractivity contribution is 14.1. The lowest BCUT2D eigenvalue weighted by molar-refractivity contribution is -0.193.